The highest BCUT2D eigenvalue weighted by molar-refractivity contribution is 5.98. The standard InChI is InChI=1S/C17H23N3O2/c1-4-22-14-9-5-8-13-15(14)16-12(17(21)18-13)7-6-10-20(16)11-19(2)3/h5,8-9H,4,6-7,10-11H2,1-3H3,(H,18,21). The van der Waals surface area contributed by atoms with Crippen LogP contribution in [0.25, 0.3) is 10.9 Å². The lowest BCUT2D eigenvalue weighted by Gasteiger charge is -2.34. The molecule has 1 aromatic carbocycles. The van der Waals surface area contributed by atoms with Crippen LogP contribution in [0.5, 0.6) is 5.75 Å². The van der Waals surface area contributed by atoms with Gasteiger partial charge >= 0.3 is 0 Å². The molecule has 5 heteroatoms. The van der Waals surface area contributed by atoms with Gasteiger partial charge in [-0.15, -0.1) is 0 Å². The molecule has 2 heterocycles. The SMILES string of the molecule is CCOc1cccc2[nH]c(=O)c3c(c12)N(CN(C)C)CCC3. The van der Waals surface area contributed by atoms with E-state index >= 15 is 0 Å². The van der Waals surface area contributed by atoms with Gasteiger partial charge in [0, 0.05) is 12.1 Å². The second kappa shape index (κ2) is 6.01. The Bertz CT molecular complexity index is 736. The largest absolute Gasteiger partial charge is 0.493 e. The van der Waals surface area contributed by atoms with Crippen molar-refractivity contribution in [3.8, 4) is 5.75 Å². The number of H-pyrrole nitrogens is 1. The van der Waals surface area contributed by atoms with E-state index in [1.54, 1.807) is 0 Å². The Labute approximate surface area is 130 Å². The molecule has 22 heavy (non-hydrogen) atoms. The van der Waals surface area contributed by atoms with E-state index in [0.29, 0.717) is 6.61 Å². The zero-order valence-electron chi connectivity index (χ0n) is 13.5. The summed E-state index contributed by atoms with van der Waals surface area (Å²) in [6, 6.07) is 5.85. The second-order valence-corrected chi connectivity index (χ2v) is 5.98. The summed E-state index contributed by atoms with van der Waals surface area (Å²) in [7, 11) is 4.10. The number of nitrogens with one attached hydrogen (secondary N) is 1. The Morgan fingerprint density at radius 2 is 2.18 bits per heavy atom. The van der Waals surface area contributed by atoms with Crippen LogP contribution in [0.15, 0.2) is 23.0 Å². The average molecular weight is 301 g/mol. The van der Waals surface area contributed by atoms with Crippen molar-refractivity contribution in [2.75, 3.05) is 38.8 Å². The molecule has 1 aliphatic heterocycles. The molecule has 0 aliphatic carbocycles. The fourth-order valence-electron chi connectivity index (χ4n) is 3.23. The monoisotopic (exact) mass is 301 g/mol. The van der Waals surface area contributed by atoms with Crippen LogP contribution >= 0.6 is 0 Å². The summed E-state index contributed by atoms with van der Waals surface area (Å²) in [6.45, 7) is 4.35. The van der Waals surface area contributed by atoms with E-state index in [0.717, 1.165) is 54.0 Å². The van der Waals surface area contributed by atoms with Gasteiger partial charge in [0.15, 0.2) is 0 Å². The Morgan fingerprint density at radius 3 is 2.91 bits per heavy atom. The van der Waals surface area contributed by atoms with Crippen LogP contribution in [0.1, 0.15) is 18.9 Å². The van der Waals surface area contributed by atoms with Gasteiger partial charge in [-0.1, -0.05) is 6.07 Å². The number of hydrogen-bond donors (Lipinski definition) is 1. The van der Waals surface area contributed by atoms with Gasteiger partial charge < -0.3 is 14.6 Å². The second-order valence-electron chi connectivity index (χ2n) is 5.98. The first-order valence-corrected chi connectivity index (χ1v) is 7.82. The summed E-state index contributed by atoms with van der Waals surface area (Å²) in [5.74, 6) is 0.846. The first kappa shape index (κ1) is 14.9. The molecule has 0 amide bonds. The first-order chi connectivity index (χ1) is 10.6. The summed E-state index contributed by atoms with van der Waals surface area (Å²) < 4.78 is 5.82. The minimum Gasteiger partial charge on any atom is -0.493 e. The number of benzene rings is 1. The number of nitrogens with zero attached hydrogens (tertiary/aromatic N) is 2. The fraction of sp³-hybridized carbons (Fsp3) is 0.471. The Kier molecular flexibility index (Phi) is 4.07. The third-order valence-corrected chi connectivity index (χ3v) is 4.00. The van der Waals surface area contributed by atoms with E-state index in [9.17, 15) is 4.79 Å². The van der Waals surface area contributed by atoms with Crippen molar-refractivity contribution in [2.45, 2.75) is 19.8 Å². The molecule has 1 aliphatic rings. The molecule has 0 saturated carbocycles. The molecule has 0 fully saturated rings. The Hall–Kier alpha value is -2.01. The van der Waals surface area contributed by atoms with Crippen LogP contribution in [-0.4, -0.2) is 43.8 Å². The first-order valence-electron chi connectivity index (χ1n) is 7.82. The van der Waals surface area contributed by atoms with Gasteiger partial charge in [0.05, 0.1) is 29.9 Å². The summed E-state index contributed by atoms with van der Waals surface area (Å²) in [4.78, 5) is 19.9. The Morgan fingerprint density at radius 1 is 1.36 bits per heavy atom. The van der Waals surface area contributed by atoms with Crippen molar-refractivity contribution in [3.05, 3.63) is 34.1 Å². The lowest BCUT2D eigenvalue weighted by Crippen LogP contribution is -2.39. The molecule has 2 aromatic rings. The zero-order chi connectivity index (χ0) is 15.7. The maximum atomic E-state index is 12.4. The predicted molar refractivity (Wildman–Crippen MR) is 90.0 cm³/mol. The van der Waals surface area contributed by atoms with Crippen molar-refractivity contribution in [3.63, 3.8) is 0 Å². The number of aromatic amines is 1. The number of ether oxygens (including phenoxy) is 1. The van der Waals surface area contributed by atoms with Gasteiger partial charge in [-0.3, -0.25) is 9.69 Å². The Balaban J connectivity index is 2.29. The van der Waals surface area contributed by atoms with Gasteiger partial charge in [-0.05, 0) is 46.0 Å². The molecular formula is C17H23N3O2. The summed E-state index contributed by atoms with van der Waals surface area (Å²) in [5, 5.41) is 1.03. The van der Waals surface area contributed by atoms with E-state index in [1.165, 1.54) is 0 Å². The van der Waals surface area contributed by atoms with Crippen molar-refractivity contribution in [1.29, 1.82) is 0 Å². The molecule has 0 unspecified atom stereocenters. The number of anilines is 1. The summed E-state index contributed by atoms with van der Waals surface area (Å²) >= 11 is 0. The minimum atomic E-state index is 0.0274. The van der Waals surface area contributed by atoms with Crippen molar-refractivity contribution >= 4 is 16.6 Å². The van der Waals surface area contributed by atoms with Gasteiger partial charge in [0.25, 0.3) is 5.56 Å². The van der Waals surface area contributed by atoms with Crippen LogP contribution in [-0.2, 0) is 6.42 Å². The number of fused-ring (bicyclic) bond motifs is 3. The third-order valence-electron chi connectivity index (χ3n) is 4.00. The lowest BCUT2D eigenvalue weighted by molar-refractivity contribution is 0.344. The van der Waals surface area contributed by atoms with E-state index in [-0.39, 0.29) is 5.56 Å². The third kappa shape index (κ3) is 2.57. The van der Waals surface area contributed by atoms with E-state index in [1.807, 2.05) is 39.2 Å². The molecular weight excluding hydrogens is 278 g/mol. The minimum absolute atomic E-state index is 0.0274. The van der Waals surface area contributed by atoms with Gasteiger partial charge in [0.2, 0.25) is 0 Å². The van der Waals surface area contributed by atoms with E-state index in [2.05, 4.69) is 14.8 Å². The highest BCUT2D eigenvalue weighted by atomic mass is 16.5. The normalized spacial score (nSPS) is 14.5. The smallest absolute Gasteiger partial charge is 0.253 e. The van der Waals surface area contributed by atoms with Crippen LogP contribution in [0.3, 0.4) is 0 Å². The average Bonchev–Trinajstić information content (AvgIpc) is 2.47. The van der Waals surface area contributed by atoms with Gasteiger partial charge in [0.1, 0.15) is 5.75 Å². The molecule has 1 N–H and O–H groups in total. The summed E-state index contributed by atoms with van der Waals surface area (Å²) in [5.41, 5.74) is 2.80. The van der Waals surface area contributed by atoms with E-state index in [4.69, 9.17) is 4.74 Å². The zero-order valence-corrected chi connectivity index (χ0v) is 13.5. The molecule has 0 bridgehead atoms. The van der Waals surface area contributed by atoms with Crippen molar-refractivity contribution in [1.82, 2.24) is 9.88 Å². The summed E-state index contributed by atoms with van der Waals surface area (Å²) in [6.07, 6.45) is 1.83. The highest BCUT2D eigenvalue weighted by Crippen LogP contribution is 2.37. The maximum absolute atomic E-state index is 12.4. The lowest BCUT2D eigenvalue weighted by atomic mass is 9.99. The highest BCUT2D eigenvalue weighted by Gasteiger charge is 2.24. The quantitative estimate of drug-likeness (QED) is 0.940. The number of rotatable bonds is 4. The molecule has 0 spiro atoms. The van der Waals surface area contributed by atoms with Crippen LogP contribution in [0.4, 0.5) is 5.69 Å². The molecule has 0 atom stereocenters. The van der Waals surface area contributed by atoms with Crippen LogP contribution < -0.4 is 15.2 Å². The number of pyridine rings is 1. The molecule has 0 saturated heterocycles. The molecule has 3 rings (SSSR count). The van der Waals surface area contributed by atoms with Crippen LogP contribution in [0, 0.1) is 0 Å². The van der Waals surface area contributed by atoms with Gasteiger partial charge in [-0.2, -0.15) is 0 Å². The number of hydrogen-bond acceptors (Lipinski definition) is 4. The van der Waals surface area contributed by atoms with Crippen LogP contribution in [0.2, 0.25) is 0 Å². The topological polar surface area (TPSA) is 48.6 Å². The molecule has 0 radical (unpaired) electrons. The predicted octanol–water partition coefficient (Wildman–Crippen LogP) is 2.20. The molecule has 1 aromatic heterocycles. The van der Waals surface area contributed by atoms with Crippen molar-refractivity contribution < 1.29 is 4.74 Å². The van der Waals surface area contributed by atoms with Crippen molar-refractivity contribution in [2.24, 2.45) is 0 Å². The maximum Gasteiger partial charge on any atom is 0.253 e. The molecule has 118 valence electrons. The van der Waals surface area contributed by atoms with E-state index < -0.39 is 0 Å². The number of aromatic nitrogens is 1. The fourth-order valence-corrected chi connectivity index (χ4v) is 3.23. The molecule has 5 nitrogen and oxygen atoms in total. The van der Waals surface area contributed by atoms with Gasteiger partial charge in [-0.25, -0.2) is 0 Å².